The van der Waals surface area contributed by atoms with Gasteiger partial charge in [-0.25, -0.2) is 0 Å². The van der Waals surface area contributed by atoms with Gasteiger partial charge < -0.3 is 5.11 Å². The molecule has 0 saturated carbocycles. The first-order chi connectivity index (χ1) is 10.8. The molecule has 1 aliphatic rings. The van der Waals surface area contributed by atoms with Gasteiger partial charge in [-0.2, -0.15) is 0 Å². The van der Waals surface area contributed by atoms with Crippen LogP contribution in [0.5, 0.6) is 0 Å². The third-order valence-electron chi connectivity index (χ3n) is 3.81. The Labute approximate surface area is 145 Å². The highest BCUT2D eigenvalue weighted by atomic mass is 32.2. The van der Waals surface area contributed by atoms with Gasteiger partial charge in [0.05, 0.1) is 4.91 Å². The van der Waals surface area contributed by atoms with Crippen molar-refractivity contribution in [1.29, 1.82) is 0 Å². The molecule has 23 heavy (non-hydrogen) atoms. The minimum atomic E-state index is -0.864. The monoisotopic (exact) mass is 349 g/mol. The van der Waals surface area contributed by atoms with Crippen LogP contribution in [0.2, 0.25) is 0 Å². The number of thioether (sulfide) groups is 1. The SMILES string of the molecule is Cc1cc(C)c(/C=C2\SC(=S)N(CCCC(=O)O)C2=O)cc1C. The lowest BCUT2D eigenvalue weighted by molar-refractivity contribution is -0.137. The van der Waals surface area contributed by atoms with Crippen LogP contribution >= 0.6 is 24.0 Å². The Morgan fingerprint density at radius 1 is 1.26 bits per heavy atom. The van der Waals surface area contributed by atoms with Crippen LogP contribution in [0.4, 0.5) is 0 Å². The maximum absolute atomic E-state index is 12.5. The zero-order valence-corrected chi connectivity index (χ0v) is 15.0. The van der Waals surface area contributed by atoms with Gasteiger partial charge in [-0.15, -0.1) is 0 Å². The summed E-state index contributed by atoms with van der Waals surface area (Å²) in [6, 6.07) is 4.18. The van der Waals surface area contributed by atoms with E-state index in [0.717, 1.165) is 11.1 Å². The van der Waals surface area contributed by atoms with E-state index in [1.54, 1.807) is 0 Å². The number of aliphatic carboxylic acids is 1. The van der Waals surface area contributed by atoms with E-state index in [1.165, 1.54) is 27.8 Å². The number of hydrogen-bond donors (Lipinski definition) is 1. The lowest BCUT2D eigenvalue weighted by Crippen LogP contribution is -2.29. The molecule has 0 bridgehead atoms. The van der Waals surface area contributed by atoms with Crippen molar-refractivity contribution in [3.05, 3.63) is 39.3 Å². The van der Waals surface area contributed by atoms with Gasteiger partial charge in [0.1, 0.15) is 4.32 Å². The molecule has 122 valence electrons. The summed E-state index contributed by atoms with van der Waals surface area (Å²) in [6.45, 7) is 6.48. The van der Waals surface area contributed by atoms with Gasteiger partial charge in [-0.3, -0.25) is 14.5 Å². The highest BCUT2D eigenvalue weighted by Gasteiger charge is 2.31. The minimum absolute atomic E-state index is 0.0341. The summed E-state index contributed by atoms with van der Waals surface area (Å²) in [4.78, 5) is 25.1. The van der Waals surface area contributed by atoms with Crippen LogP contribution in [-0.2, 0) is 9.59 Å². The Bertz CT molecular complexity index is 710. The number of aryl methyl sites for hydroxylation is 3. The molecule has 0 aromatic heterocycles. The Morgan fingerprint density at radius 3 is 2.57 bits per heavy atom. The van der Waals surface area contributed by atoms with Crippen molar-refractivity contribution in [3.63, 3.8) is 0 Å². The van der Waals surface area contributed by atoms with E-state index in [0.29, 0.717) is 22.2 Å². The second-order valence-corrected chi connectivity index (χ2v) is 7.30. The Hall–Kier alpha value is -1.66. The normalized spacial score (nSPS) is 16.5. The Morgan fingerprint density at radius 2 is 1.91 bits per heavy atom. The molecular weight excluding hydrogens is 330 g/mol. The molecule has 1 heterocycles. The maximum atomic E-state index is 12.5. The fourth-order valence-corrected chi connectivity index (χ4v) is 3.66. The molecule has 0 spiro atoms. The number of rotatable bonds is 5. The Kier molecular flexibility index (Phi) is 5.59. The van der Waals surface area contributed by atoms with E-state index >= 15 is 0 Å². The summed E-state index contributed by atoms with van der Waals surface area (Å²) in [5, 5.41) is 8.69. The summed E-state index contributed by atoms with van der Waals surface area (Å²) in [5.74, 6) is -1.00. The summed E-state index contributed by atoms with van der Waals surface area (Å²) in [6.07, 6.45) is 2.31. The highest BCUT2D eigenvalue weighted by Crippen LogP contribution is 2.33. The molecule has 1 amide bonds. The average molecular weight is 349 g/mol. The summed E-state index contributed by atoms with van der Waals surface area (Å²) < 4.78 is 0.494. The first kappa shape index (κ1) is 17.7. The van der Waals surface area contributed by atoms with Crippen molar-refractivity contribution in [2.45, 2.75) is 33.6 Å². The molecule has 1 N–H and O–H groups in total. The van der Waals surface area contributed by atoms with Gasteiger partial charge in [0.25, 0.3) is 5.91 Å². The molecule has 1 aliphatic heterocycles. The van der Waals surface area contributed by atoms with Crippen LogP contribution in [0.3, 0.4) is 0 Å². The third kappa shape index (κ3) is 4.20. The minimum Gasteiger partial charge on any atom is -0.481 e. The number of carbonyl (C=O) groups excluding carboxylic acids is 1. The summed E-state index contributed by atoms with van der Waals surface area (Å²) >= 11 is 6.52. The molecule has 6 heteroatoms. The molecule has 1 aromatic rings. The van der Waals surface area contributed by atoms with Crippen molar-refractivity contribution in [2.24, 2.45) is 0 Å². The number of carboxylic acid groups (broad SMARTS) is 1. The van der Waals surface area contributed by atoms with Crippen LogP contribution in [0.1, 0.15) is 35.1 Å². The number of nitrogens with zero attached hydrogens (tertiary/aromatic N) is 1. The van der Waals surface area contributed by atoms with E-state index in [1.807, 2.05) is 19.9 Å². The maximum Gasteiger partial charge on any atom is 0.303 e. The van der Waals surface area contributed by atoms with Crippen LogP contribution in [0, 0.1) is 20.8 Å². The fourth-order valence-electron chi connectivity index (χ4n) is 2.36. The quantitative estimate of drug-likeness (QED) is 0.649. The molecule has 0 unspecified atom stereocenters. The molecule has 1 saturated heterocycles. The topological polar surface area (TPSA) is 57.6 Å². The van der Waals surface area contributed by atoms with Crippen molar-refractivity contribution >= 4 is 46.3 Å². The second-order valence-electron chi connectivity index (χ2n) is 5.62. The lowest BCUT2D eigenvalue weighted by atomic mass is 10.0. The standard InChI is InChI=1S/C17H19NO3S2/c1-10-7-12(3)13(8-11(10)2)9-14-16(21)18(17(22)23-14)6-4-5-15(19)20/h7-9H,4-6H2,1-3H3,(H,19,20)/b14-9-. The van der Waals surface area contributed by atoms with Gasteiger partial charge >= 0.3 is 5.97 Å². The smallest absolute Gasteiger partial charge is 0.303 e. The van der Waals surface area contributed by atoms with Crippen molar-refractivity contribution in [1.82, 2.24) is 4.90 Å². The van der Waals surface area contributed by atoms with E-state index in [-0.39, 0.29) is 12.3 Å². The molecule has 0 atom stereocenters. The predicted octanol–water partition coefficient (Wildman–Crippen LogP) is 3.68. The highest BCUT2D eigenvalue weighted by molar-refractivity contribution is 8.26. The third-order valence-corrected chi connectivity index (χ3v) is 5.19. The molecule has 0 radical (unpaired) electrons. The van der Waals surface area contributed by atoms with E-state index < -0.39 is 5.97 Å². The van der Waals surface area contributed by atoms with E-state index in [4.69, 9.17) is 17.3 Å². The molecule has 4 nitrogen and oxygen atoms in total. The summed E-state index contributed by atoms with van der Waals surface area (Å²) in [5.41, 5.74) is 4.53. The van der Waals surface area contributed by atoms with Gasteiger partial charge in [0.2, 0.25) is 0 Å². The van der Waals surface area contributed by atoms with Crippen LogP contribution < -0.4 is 0 Å². The first-order valence-electron chi connectivity index (χ1n) is 7.34. The number of carboxylic acids is 1. The van der Waals surface area contributed by atoms with Gasteiger partial charge in [0, 0.05) is 13.0 Å². The number of hydrogen-bond acceptors (Lipinski definition) is 4. The average Bonchev–Trinajstić information content (AvgIpc) is 2.72. The van der Waals surface area contributed by atoms with Crippen molar-refractivity contribution in [3.8, 4) is 0 Å². The number of amides is 1. The molecule has 1 aromatic carbocycles. The summed E-state index contributed by atoms with van der Waals surface area (Å²) in [7, 11) is 0. The fraction of sp³-hybridized carbons (Fsp3) is 0.353. The zero-order chi connectivity index (χ0) is 17.1. The Balaban J connectivity index is 2.18. The lowest BCUT2D eigenvalue weighted by Gasteiger charge is -2.13. The number of benzene rings is 1. The largest absolute Gasteiger partial charge is 0.481 e. The van der Waals surface area contributed by atoms with Gasteiger partial charge in [-0.05, 0) is 55.5 Å². The zero-order valence-electron chi connectivity index (χ0n) is 13.4. The first-order valence-corrected chi connectivity index (χ1v) is 8.57. The van der Waals surface area contributed by atoms with Crippen molar-refractivity contribution in [2.75, 3.05) is 6.54 Å². The van der Waals surface area contributed by atoms with E-state index in [2.05, 4.69) is 19.1 Å². The van der Waals surface area contributed by atoms with Gasteiger partial charge in [0.15, 0.2) is 0 Å². The number of carbonyl (C=O) groups is 2. The molecule has 1 fully saturated rings. The molecule has 0 aliphatic carbocycles. The van der Waals surface area contributed by atoms with Crippen LogP contribution in [0.25, 0.3) is 6.08 Å². The van der Waals surface area contributed by atoms with Crippen LogP contribution in [-0.4, -0.2) is 32.7 Å². The van der Waals surface area contributed by atoms with Crippen LogP contribution in [0.15, 0.2) is 17.0 Å². The molecule has 2 rings (SSSR count). The van der Waals surface area contributed by atoms with Gasteiger partial charge in [-0.1, -0.05) is 36.1 Å². The molecular formula is C17H19NO3S2. The number of thiocarbonyl (C=S) groups is 1. The van der Waals surface area contributed by atoms with E-state index in [9.17, 15) is 9.59 Å². The second kappa shape index (κ2) is 7.27. The predicted molar refractivity (Wildman–Crippen MR) is 97.4 cm³/mol. The van der Waals surface area contributed by atoms with Crippen molar-refractivity contribution < 1.29 is 14.7 Å².